The summed E-state index contributed by atoms with van der Waals surface area (Å²) in [6, 6.07) is 5.21. The summed E-state index contributed by atoms with van der Waals surface area (Å²) in [6.45, 7) is 5.31. The van der Waals surface area contributed by atoms with E-state index in [9.17, 15) is 24.4 Å². The first-order valence-corrected chi connectivity index (χ1v) is 10.4. The van der Waals surface area contributed by atoms with Crippen molar-refractivity contribution < 1.29 is 28.7 Å². The van der Waals surface area contributed by atoms with E-state index in [4.69, 9.17) is 4.74 Å². The summed E-state index contributed by atoms with van der Waals surface area (Å²) in [6.07, 6.45) is 0.295. The van der Waals surface area contributed by atoms with Crippen molar-refractivity contribution in [2.24, 2.45) is 0 Å². The highest BCUT2D eigenvalue weighted by Gasteiger charge is 2.54. The van der Waals surface area contributed by atoms with E-state index in [0.29, 0.717) is 12.8 Å². The van der Waals surface area contributed by atoms with Gasteiger partial charge in [0.1, 0.15) is 24.7 Å². The van der Waals surface area contributed by atoms with Crippen LogP contribution in [0.25, 0.3) is 0 Å². The molecule has 2 atom stereocenters. The average Bonchev–Trinajstić information content (AvgIpc) is 2.83. The predicted octanol–water partition coefficient (Wildman–Crippen LogP) is 2.06. The first kappa shape index (κ1) is 21.3. The van der Waals surface area contributed by atoms with Crippen LogP contribution in [0.15, 0.2) is 24.3 Å². The van der Waals surface area contributed by atoms with Crippen LogP contribution in [-0.2, 0) is 9.53 Å². The van der Waals surface area contributed by atoms with Crippen molar-refractivity contribution in [3.63, 3.8) is 0 Å². The van der Waals surface area contributed by atoms with Gasteiger partial charge in [-0.15, -0.1) is 0 Å². The second-order valence-corrected chi connectivity index (χ2v) is 9.06. The molecule has 4 amide bonds. The standard InChI is InChI=1S/C21H26N4O6/c1-21(2,3)31-20(29)22-11-6-7-12-25(30)13-10-16(19(28)24(22)25)23-17(26)14-8-4-5-9-15(14)18(23)27/h4-5,8-9,16H,6-7,10-13H2,1-3H3/t16-,25?/m0/s1. The van der Waals surface area contributed by atoms with E-state index >= 15 is 0 Å². The van der Waals surface area contributed by atoms with Crippen molar-refractivity contribution in [2.45, 2.75) is 51.7 Å². The van der Waals surface area contributed by atoms with Crippen LogP contribution in [0.2, 0.25) is 0 Å². The van der Waals surface area contributed by atoms with Crippen molar-refractivity contribution in [3.05, 3.63) is 40.6 Å². The van der Waals surface area contributed by atoms with Gasteiger partial charge in [-0.05, 0) is 39.3 Å². The number of hydrazine groups is 1. The van der Waals surface area contributed by atoms with Gasteiger partial charge in [0.2, 0.25) is 0 Å². The van der Waals surface area contributed by atoms with Crippen LogP contribution < -0.4 is 0 Å². The highest BCUT2D eigenvalue weighted by atomic mass is 16.6. The van der Waals surface area contributed by atoms with Gasteiger partial charge in [0, 0.05) is 12.8 Å². The molecule has 1 aromatic rings. The number of benzene rings is 1. The lowest BCUT2D eigenvalue weighted by molar-refractivity contribution is -1.00. The van der Waals surface area contributed by atoms with Crippen molar-refractivity contribution in [3.8, 4) is 0 Å². The number of imide groups is 1. The summed E-state index contributed by atoms with van der Waals surface area (Å²) in [5.74, 6) is -1.88. The SMILES string of the molecule is CC(C)(C)OC(=O)N1CCCC[N+]2([O-])CC[C@H](N3C(=O)c4ccccc4C3=O)C(=O)N12. The summed E-state index contributed by atoms with van der Waals surface area (Å²) in [5, 5.41) is 15.5. The van der Waals surface area contributed by atoms with E-state index in [1.165, 1.54) is 12.1 Å². The molecule has 2 fully saturated rings. The van der Waals surface area contributed by atoms with Crippen molar-refractivity contribution in [1.29, 1.82) is 0 Å². The molecule has 1 unspecified atom stereocenters. The minimum Gasteiger partial charge on any atom is -0.605 e. The van der Waals surface area contributed by atoms with Gasteiger partial charge in [-0.2, -0.15) is 5.01 Å². The zero-order valence-electron chi connectivity index (χ0n) is 17.9. The number of rotatable bonds is 1. The fraction of sp³-hybridized carbons (Fsp3) is 0.524. The summed E-state index contributed by atoms with van der Waals surface area (Å²) >= 11 is 0. The fourth-order valence-corrected chi connectivity index (χ4v) is 4.31. The molecule has 0 saturated carbocycles. The lowest BCUT2D eigenvalue weighted by Crippen LogP contribution is -2.73. The molecule has 10 heteroatoms. The summed E-state index contributed by atoms with van der Waals surface area (Å²) in [7, 11) is 0. The van der Waals surface area contributed by atoms with E-state index < -0.39 is 40.2 Å². The maximum atomic E-state index is 13.6. The van der Waals surface area contributed by atoms with Gasteiger partial charge in [0.05, 0.1) is 17.7 Å². The first-order valence-electron chi connectivity index (χ1n) is 10.4. The maximum absolute atomic E-state index is 13.6. The average molecular weight is 430 g/mol. The molecule has 3 heterocycles. The minimum atomic E-state index is -1.16. The number of ether oxygens (including phenoxy) is 1. The van der Waals surface area contributed by atoms with Gasteiger partial charge in [-0.1, -0.05) is 17.3 Å². The minimum absolute atomic E-state index is 0.0342. The van der Waals surface area contributed by atoms with Crippen LogP contribution in [0.3, 0.4) is 0 Å². The first-order chi connectivity index (χ1) is 14.5. The number of carbonyl (C=O) groups is 4. The third-order valence-corrected chi connectivity index (χ3v) is 5.68. The summed E-state index contributed by atoms with van der Waals surface area (Å²) in [4.78, 5) is 53.1. The van der Waals surface area contributed by atoms with Crippen molar-refractivity contribution in [2.75, 3.05) is 19.6 Å². The van der Waals surface area contributed by atoms with E-state index in [2.05, 4.69) is 0 Å². The highest BCUT2D eigenvalue weighted by molar-refractivity contribution is 6.22. The van der Waals surface area contributed by atoms with Gasteiger partial charge in [-0.25, -0.2) is 9.55 Å². The topological polar surface area (TPSA) is 110 Å². The quantitative estimate of drug-likeness (QED) is 0.383. The third kappa shape index (κ3) is 3.55. The van der Waals surface area contributed by atoms with Gasteiger partial charge >= 0.3 is 12.0 Å². The van der Waals surface area contributed by atoms with E-state index in [-0.39, 0.29) is 37.2 Å². The summed E-state index contributed by atoms with van der Waals surface area (Å²) in [5.41, 5.74) is -0.356. The lowest BCUT2D eigenvalue weighted by Gasteiger charge is -2.54. The number of fused-ring (bicyclic) bond motifs is 2. The maximum Gasteiger partial charge on any atom is 0.433 e. The molecular formula is C21H26N4O6. The molecule has 0 radical (unpaired) electrons. The lowest BCUT2D eigenvalue weighted by atomic mass is 10.1. The van der Waals surface area contributed by atoms with Crippen LogP contribution in [0.1, 0.15) is 60.7 Å². The molecule has 3 aliphatic heterocycles. The third-order valence-electron chi connectivity index (χ3n) is 5.68. The molecule has 31 heavy (non-hydrogen) atoms. The number of hydrogen-bond donors (Lipinski definition) is 0. The number of hydroxylamine groups is 2. The van der Waals surface area contributed by atoms with E-state index in [1.54, 1.807) is 32.9 Å². The Hall–Kier alpha value is -2.98. The number of quaternary nitrogens is 1. The smallest absolute Gasteiger partial charge is 0.433 e. The van der Waals surface area contributed by atoms with Crippen LogP contribution >= 0.6 is 0 Å². The predicted molar refractivity (Wildman–Crippen MR) is 108 cm³/mol. The second kappa shape index (κ2) is 7.31. The van der Waals surface area contributed by atoms with Crippen molar-refractivity contribution in [1.82, 2.24) is 15.0 Å². The van der Waals surface area contributed by atoms with Crippen LogP contribution in [0.4, 0.5) is 4.79 Å². The number of carbonyl (C=O) groups excluding carboxylic acids is 4. The Balaban J connectivity index is 1.68. The molecular weight excluding hydrogens is 404 g/mol. The Kier molecular flexibility index (Phi) is 5.01. The number of hydrogen-bond acceptors (Lipinski definition) is 6. The molecule has 0 aromatic heterocycles. The van der Waals surface area contributed by atoms with Crippen LogP contribution in [0, 0.1) is 5.21 Å². The summed E-state index contributed by atoms with van der Waals surface area (Å²) < 4.78 is 4.40. The Morgan fingerprint density at radius 3 is 2.26 bits per heavy atom. The zero-order valence-corrected chi connectivity index (χ0v) is 17.9. The van der Waals surface area contributed by atoms with Gasteiger partial charge in [-0.3, -0.25) is 19.3 Å². The molecule has 166 valence electrons. The highest BCUT2D eigenvalue weighted by Crippen LogP contribution is 2.33. The number of amides is 4. The fourth-order valence-electron chi connectivity index (χ4n) is 4.31. The molecule has 4 rings (SSSR count). The second-order valence-electron chi connectivity index (χ2n) is 9.06. The van der Waals surface area contributed by atoms with E-state index in [1.807, 2.05) is 0 Å². The Morgan fingerprint density at radius 1 is 1.06 bits per heavy atom. The molecule has 2 saturated heterocycles. The largest absolute Gasteiger partial charge is 0.605 e. The monoisotopic (exact) mass is 430 g/mol. The van der Waals surface area contributed by atoms with Crippen LogP contribution in [-0.4, -0.2) is 74.9 Å². The molecule has 0 bridgehead atoms. The van der Waals surface area contributed by atoms with Crippen LogP contribution in [0.5, 0.6) is 0 Å². The zero-order chi connectivity index (χ0) is 22.6. The van der Waals surface area contributed by atoms with Gasteiger partial charge in [0.25, 0.3) is 11.8 Å². The van der Waals surface area contributed by atoms with Gasteiger partial charge in [0.15, 0.2) is 0 Å². The molecule has 10 nitrogen and oxygen atoms in total. The molecule has 0 spiro atoms. The molecule has 0 aliphatic carbocycles. The molecule has 1 aromatic carbocycles. The van der Waals surface area contributed by atoms with Crippen molar-refractivity contribution >= 4 is 23.8 Å². The normalized spacial score (nSPS) is 26.5. The number of nitrogens with zero attached hydrogens (tertiary/aromatic N) is 4. The molecule has 3 aliphatic rings. The van der Waals surface area contributed by atoms with E-state index in [0.717, 1.165) is 15.0 Å². The Bertz CT molecular complexity index is 922. The van der Waals surface area contributed by atoms with Gasteiger partial charge < -0.3 is 9.94 Å². The Morgan fingerprint density at radius 2 is 1.68 bits per heavy atom. The molecule has 0 N–H and O–H groups in total. The Labute approximate surface area is 180 Å².